The number of carbonyl (C=O) groups excluding carboxylic acids is 1. The molecule has 0 spiro atoms. The summed E-state index contributed by atoms with van der Waals surface area (Å²) in [6.45, 7) is 2.09. The van der Waals surface area contributed by atoms with Crippen LogP contribution in [0.5, 0.6) is 5.75 Å². The number of alkyl halides is 3. The van der Waals surface area contributed by atoms with Gasteiger partial charge >= 0.3 is 6.36 Å². The Morgan fingerprint density at radius 3 is 2.64 bits per heavy atom. The van der Waals surface area contributed by atoms with Crippen molar-refractivity contribution in [3.8, 4) is 5.75 Å². The average Bonchev–Trinajstić information content (AvgIpc) is 3.03. The molecule has 0 aliphatic carbocycles. The molecule has 25 heavy (non-hydrogen) atoms. The normalized spacial score (nSPS) is 12.7. The number of benzene rings is 1. The van der Waals surface area contributed by atoms with Crippen LogP contribution in [0.3, 0.4) is 0 Å². The van der Waals surface area contributed by atoms with Crippen molar-refractivity contribution in [1.29, 1.82) is 0 Å². The molecule has 1 amide bonds. The van der Waals surface area contributed by atoms with Crippen LogP contribution in [0, 0.1) is 0 Å². The fourth-order valence-electron chi connectivity index (χ4n) is 2.08. The van der Waals surface area contributed by atoms with E-state index in [1.807, 2.05) is 6.92 Å². The van der Waals surface area contributed by atoms with Gasteiger partial charge in [0.1, 0.15) is 12.0 Å². The van der Waals surface area contributed by atoms with Gasteiger partial charge in [-0.3, -0.25) is 4.79 Å². The van der Waals surface area contributed by atoms with E-state index in [2.05, 4.69) is 15.0 Å². The van der Waals surface area contributed by atoms with Crippen molar-refractivity contribution in [3.05, 3.63) is 47.7 Å². The van der Waals surface area contributed by atoms with Crippen molar-refractivity contribution < 1.29 is 27.1 Å². The molecule has 0 radical (unpaired) electrons. The number of aromatic nitrogens is 1. The second-order valence-corrected chi connectivity index (χ2v) is 5.34. The molecule has 0 bridgehead atoms. The number of oxazole rings is 1. The average molecular weight is 357 g/mol. The van der Waals surface area contributed by atoms with Gasteiger partial charge in [0.2, 0.25) is 5.89 Å². The number of amides is 1. The van der Waals surface area contributed by atoms with E-state index < -0.39 is 12.3 Å². The summed E-state index contributed by atoms with van der Waals surface area (Å²) >= 11 is 0. The summed E-state index contributed by atoms with van der Waals surface area (Å²) < 4.78 is 45.2. The van der Waals surface area contributed by atoms with Crippen molar-refractivity contribution >= 4 is 5.91 Å². The van der Waals surface area contributed by atoms with E-state index in [0.717, 1.165) is 6.42 Å². The Hall–Kier alpha value is -2.55. The quantitative estimate of drug-likeness (QED) is 0.793. The maximum atomic E-state index is 12.1. The van der Waals surface area contributed by atoms with Gasteiger partial charge in [0.05, 0.1) is 6.04 Å². The van der Waals surface area contributed by atoms with E-state index in [0.29, 0.717) is 17.9 Å². The summed E-state index contributed by atoms with van der Waals surface area (Å²) in [4.78, 5) is 16.1. The van der Waals surface area contributed by atoms with Gasteiger partial charge < -0.3 is 20.2 Å². The zero-order valence-corrected chi connectivity index (χ0v) is 13.5. The number of carbonyl (C=O) groups is 1. The number of rotatable bonds is 7. The minimum Gasteiger partial charge on any atom is -0.446 e. The molecule has 0 fully saturated rings. The Morgan fingerprint density at radius 1 is 1.36 bits per heavy atom. The molecular weight excluding hydrogens is 339 g/mol. The van der Waals surface area contributed by atoms with Crippen molar-refractivity contribution in [1.82, 2.24) is 10.3 Å². The molecule has 2 aromatic rings. The minimum atomic E-state index is -4.74. The van der Waals surface area contributed by atoms with E-state index in [1.54, 1.807) is 0 Å². The summed E-state index contributed by atoms with van der Waals surface area (Å²) in [5.74, 6) is -0.497. The number of hydrogen-bond donors (Lipinski definition) is 2. The van der Waals surface area contributed by atoms with Crippen LogP contribution >= 0.6 is 0 Å². The van der Waals surface area contributed by atoms with Crippen LogP contribution in [-0.2, 0) is 6.54 Å². The van der Waals surface area contributed by atoms with E-state index in [-0.39, 0.29) is 24.0 Å². The van der Waals surface area contributed by atoms with Crippen molar-refractivity contribution in [2.24, 2.45) is 5.73 Å². The molecule has 0 aliphatic rings. The van der Waals surface area contributed by atoms with Crippen LogP contribution in [0.1, 0.15) is 47.7 Å². The van der Waals surface area contributed by atoms with Crippen LogP contribution < -0.4 is 15.8 Å². The third-order valence-corrected chi connectivity index (χ3v) is 3.28. The lowest BCUT2D eigenvalue weighted by Crippen LogP contribution is -2.23. The van der Waals surface area contributed by atoms with Gasteiger partial charge in [-0.2, -0.15) is 0 Å². The Kier molecular flexibility index (Phi) is 6.02. The van der Waals surface area contributed by atoms with Gasteiger partial charge in [-0.15, -0.1) is 13.2 Å². The van der Waals surface area contributed by atoms with Crippen molar-refractivity contribution in [3.63, 3.8) is 0 Å². The van der Waals surface area contributed by atoms with Gasteiger partial charge in [0.25, 0.3) is 5.91 Å². The number of halogens is 3. The summed E-state index contributed by atoms with van der Waals surface area (Å²) in [7, 11) is 0. The minimum absolute atomic E-state index is 0.0959. The highest BCUT2D eigenvalue weighted by Crippen LogP contribution is 2.22. The van der Waals surface area contributed by atoms with E-state index in [1.165, 1.54) is 30.5 Å². The summed E-state index contributed by atoms with van der Waals surface area (Å²) in [6, 6.07) is 4.83. The molecule has 6 nitrogen and oxygen atoms in total. The standard InChI is InChI=1S/C16H18F3N3O3/c1-2-3-12(20)15-22-13(9-24-15)14(23)21-8-10-4-6-11(7-5-10)25-16(17,18)19/h4-7,9,12H,2-3,8,20H2,1H3,(H,21,23). The smallest absolute Gasteiger partial charge is 0.446 e. The van der Waals surface area contributed by atoms with Crippen LogP contribution in [-0.4, -0.2) is 17.3 Å². The maximum absolute atomic E-state index is 12.1. The van der Waals surface area contributed by atoms with E-state index in [4.69, 9.17) is 10.2 Å². The molecule has 2 rings (SSSR count). The van der Waals surface area contributed by atoms with Gasteiger partial charge in [-0.1, -0.05) is 25.5 Å². The Balaban J connectivity index is 1.89. The number of ether oxygens (including phenoxy) is 1. The molecular formula is C16H18F3N3O3. The molecule has 0 saturated carbocycles. The van der Waals surface area contributed by atoms with Crippen molar-refractivity contribution in [2.45, 2.75) is 38.7 Å². The van der Waals surface area contributed by atoms with Crippen molar-refractivity contribution in [2.75, 3.05) is 0 Å². The molecule has 3 N–H and O–H groups in total. The second-order valence-electron chi connectivity index (χ2n) is 5.34. The number of nitrogens with one attached hydrogen (secondary N) is 1. The molecule has 0 aliphatic heterocycles. The van der Waals surface area contributed by atoms with Crippen LogP contribution in [0.4, 0.5) is 13.2 Å². The molecule has 1 atom stereocenters. The van der Waals surface area contributed by atoms with E-state index >= 15 is 0 Å². The molecule has 1 heterocycles. The molecule has 9 heteroatoms. The number of nitrogens with zero attached hydrogens (tertiary/aromatic N) is 1. The first kappa shape index (κ1) is 18.8. The topological polar surface area (TPSA) is 90.4 Å². The first-order valence-corrected chi connectivity index (χ1v) is 7.62. The largest absolute Gasteiger partial charge is 0.573 e. The fourth-order valence-corrected chi connectivity index (χ4v) is 2.08. The molecule has 1 aromatic carbocycles. The third-order valence-electron chi connectivity index (χ3n) is 3.28. The predicted octanol–water partition coefficient (Wildman–Crippen LogP) is 3.30. The summed E-state index contributed by atoms with van der Waals surface area (Å²) in [6.07, 6.45) is -1.97. The van der Waals surface area contributed by atoms with Gasteiger partial charge in [0, 0.05) is 6.54 Å². The summed E-state index contributed by atoms with van der Waals surface area (Å²) in [5.41, 5.74) is 6.56. The molecule has 1 aromatic heterocycles. The van der Waals surface area contributed by atoms with Gasteiger partial charge in [-0.25, -0.2) is 4.98 Å². The summed E-state index contributed by atoms with van der Waals surface area (Å²) in [5, 5.41) is 2.60. The molecule has 136 valence electrons. The predicted molar refractivity (Wildman–Crippen MR) is 82.6 cm³/mol. The Bertz CT molecular complexity index is 699. The first-order valence-electron chi connectivity index (χ1n) is 7.62. The number of hydrogen-bond acceptors (Lipinski definition) is 5. The highest BCUT2D eigenvalue weighted by atomic mass is 19.4. The second kappa shape index (κ2) is 8.02. The highest BCUT2D eigenvalue weighted by molar-refractivity contribution is 5.91. The Morgan fingerprint density at radius 2 is 2.04 bits per heavy atom. The molecule has 0 saturated heterocycles. The highest BCUT2D eigenvalue weighted by Gasteiger charge is 2.30. The van der Waals surface area contributed by atoms with Crippen LogP contribution in [0.25, 0.3) is 0 Å². The zero-order valence-electron chi connectivity index (χ0n) is 13.5. The lowest BCUT2D eigenvalue weighted by atomic mass is 10.2. The third kappa shape index (κ3) is 5.79. The molecule has 1 unspecified atom stereocenters. The Labute approximate surface area is 142 Å². The van der Waals surface area contributed by atoms with Gasteiger partial charge in [-0.05, 0) is 24.1 Å². The van der Waals surface area contributed by atoms with Crippen LogP contribution in [0.15, 0.2) is 34.9 Å². The first-order chi connectivity index (χ1) is 11.8. The SMILES string of the molecule is CCCC(N)c1nc(C(=O)NCc2ccc(OC(F)(F)F)cc2)co1. The van der Waals surface area contributed by atoms with Crippen LogP contribution in [0.2, 0.25) is 0 Å². The lowest BCUT2D eigenvalue weighted by molar-refractivity contribution is -0.274. The van der Waals surface area contributed by atoms with Gasteiger partial charge in [0.15, 0.2) is 5.69 Å². The zero-order chi connectivity index (χ0) is 18.4. The van der Waals surface area contributed by atoms with E-state index in [9.17, 15) is 18.0 Å². The lowest BCUT2D eigenvalue weighted by Gasteiger charge is -2.09. The number of nitrogens with two attached hydrogens (primary N) is 1. The maximum Gasteiger partial charge on any atom is 0.573 e. The monoisotopic (exact) mass is 357 g/mol. The fraction of sp³-hybridized carbons (Fsp3) is 0.375.